The number of anilines is 6. The predicted molar refractivity (Wildman–Crippen MR) is 199 cm³/mol. The van der Waals surface area contributed by atoms with Gasteiger partial charge in [0.25, 0.3) is 6.71 Å². The number of hydrogen-bond donors (Lipinski definition) is 0. The monoisotopic (exact) mass is 594 g/mol. The summed E-state index contributed by atoms with van der Waals surface area (Å²) in [5, 5.41) is 0. The maximum absolute atomic E-state index is 2.56. The Hall–Kier alpha value is -5.02. The number of nitrogens with zero attached hydrogens (tertiary/aromatic N) is 2. The molecule has 0 saturated heterocycles. The molecule has 0 unspecified atom stereocenters. The molecular weight excluding hydrogens is 555 g/mol. The van der Waals surface area contributed by atoms with Gasteiger partial charge in [-0.15, -0.1) is 0 Å². The van der Waals surface area contributed by atoms with Crippen molar-refractivity contribution in [3.63, 3.8) is 0 Å². The van der Waals surface area contributed by atoms with E-state index < -0.39 is 0 Å². The van der Waals surface area contributed by atoms with Crippen molar-refractivity contribution in [3.8, 4) is 11.1 Å². The van der Waals surface area contributed by atoms with E-state index in [0.717, 1.165) is 0 Å². The van der Waals surface area contributed by atoms with Gasteiger partial charge >= 0.3 is 0 Å². The quantitative estimate of drug-likeness (QED) is 0.188. The molecule has 46 heavy (non-hydrogen) atoms. The molecule has 0 aliphatic carbocycles. The maximum Gasteiger partial charge on any atom is 0.252 e. The lowest BCUT2D eigenvalue weighted by molar-refractivity contribution is 1.22. The van der Waals surface area contributed by atoms with Crippen LogP contribution in [-0.2, 0) is 0 Å². The summed E-state index contributed by atoms with van der Waals surface area (Å²) in [6, 6.07) is 41.3. The van der Waals surface area contributed by atoms with Gasteiger partial charge in [-0.2, -0.15) is 0 Å². The molecule has 0 bridgehead atoms. The molecule has 0 amide bonds. The molecule has 0 spiro atoms. The standard InChI is InChI=1S/C43H39BN2/c1-26-17-27(2)22-35(21-26)46-38-23-29(4)20-32(7)42(38)44-36-15-11-12-16-37(36)45(34-13-9-8-10-14-34)39-24-33(25-40(46)43(39)44)41-30(5)18-28(3)19-31(41)6/h8-25H,1-7H3. The van der Waals surface area contributed by atoms with Crippen LogP contribution in [0, 0.1) is 48.5 Å². The second kappa shape index (κ2) is 10.5. The Kier molecular flexibility index (Phi) is 6.51. The number of hydrogen-bond acceptors (Lipinski definition) is 2. The van der Waals surface area contributed by atoms with Crippen molar-refractivity contribution in [1.82, 2.24) is 0 Å². The van der Waals surface area contributed by atoms with Crippen molar-refractivity contribution in [3.05, 3.63) is 148 Å². The topological polar surface area (TPSA) is 6.48 Å². The molecule has 2 aliphatic rings. The van der Waals surface area contributed by atoms with Crippen LogP contribution in [0.5, 0.6) is 0 Å². The van der Waals surface area contributed by atoms with Crippen LogP contribution < -0.4 is 26.2 Å². The van der Waals surface area contributed by atoms with Crippen LogP contribution in [0.15, 0.2) is 109 Å². The van der Waals surface area contributed by atoms with E-state index in [-0.39, 0.29) is 6.71 Å². The highest BCUT2D eigenvalue weighted by atomic mass is 15.2. The molecule has 8 rings (SSSR count). The van der Waals surface area contributed by atoms with Crippen molar-refractivity contribution in [2.45, 2.75) is 48.5 Å². The molecule has 2 heterocycles. The van der Waals surface area contributed by atoms with E-state index >= 15 is 0 Å². The van der Waals surface area contributed by atoms with E-state index in [0.29, 0.717) is 0 Å². The van der Waals surface area contributed by atoms with Gasteiger partial charge in [0.05, 0.1) is 0 Å². The van der Waals surface area contributed by atoms with E-state index in [9.17, 15) is 0 Å². The van der Waals surface area contributed by atoms with Crippen LogP contribution in [0.25, 0.3) is 11.1 Å². The molecule has 3 heteroatoms. The fourth-order valence-electron chi connectivity index (χ4n) is 8.45. The molecule has 6 aromatic rings. The minimum atomic E-state index is 0.119. The molecule has 0 N–H and O–H groups in total. The van der Waals surface area contributed by atoms with Crippen molar-refractivity contribution < 1.29 is 0 Å². The van der Waals surface area contributed by atoms with Crippen LogP contribution in [0.4, 0.5) is 34.1 Å². The Labute approximate surface area is 274 Å². The van der Waals surface area contributed by atoms with Gasteiger partial charge in [-0.25, -0.2) is 0 Å². The largest absolute Gasteiger partial charge is 0.311 e. The summed E-state index contributed by atoms with van der Waals surface area (Å²) >= 11 is 0. The van der Waals surface area contributed by atoms with Gasteiger partial charge in [0.15, 0.2) is 0 Å². The molecule has 0 aromatic heterocycles. The van der Waals surface area contributed by atoms with Gasteiger partial charge in [-0.05, 0) is 152 Å². The second-order valence-corrected chi connectivity index (χ2v) is 13.6. The smallest absolute Gasteiger partial charge is 0.252 e. The van der Waals surface area contributed by atoms with E-state index in [1.165, 1.54) is 101 Å². The normalized spacial score (nSPS) is 13.0. The molecule has 0 fully saturated rings. The van der Waals surface area contributed by atoms with Crippen molar-refractivity contribution >= 4 is 57.2 Å². The molecule has 0 saturated carbocycles. The van der Waals surface area contributed by atoms with Gasteiger partial charge in [0, 0.05) is 34.1 Å². The molecule has 6 aromatic carbocycles. The third kappa shape index (κ3) is 4.33. The molecule has 224 valence electrons. The van der Waals surface area contributed by atoms with E-state index in [2.05, 4.69) is 167 Å². The van der Waals surface area contributed by atoms with Crippen LogP contribution >= 0.6 is 0 Å². The summed E-state index contributed by atoms with van der Waals surface area (Å²) in [5.74, 6) is 0. The van der Waals surface area contributed by atoms with E-state index in [1.54, 1.807) is 0 Å². The highest BCUT2D eigenvalue weighted by Gasteiger charge is 2.44. The van der Waals surface area contributed by atoms with E-state index in [4.69, 9.17) is 0 Å². The van der Waals surface area contributed by atoms with Crippen LogP contribution in [0.1, 0.15) is 38.9 Å². The fraction of sp³-hybridized carbons (Fsp3) is 0.163. The van der Waals surface area contributed by atoms with Crippen LogP contribution in [0.2, 0.25) is 0 Å². The SMILES string of the molecule is Cc1cc(C)cc(N2c3cc(C)cc(C)c3B3c4ccccc4N(c4ccccc4)c4cc(-c5c(C)cc(C)cc5C)cc2c43)c1. The summed E-state index contributed by atoms with van der Waals surface area (Å²) in [6.07, 6.45) is 0. The molecule has 0 atom stereocenters. The maximum atomic E-state index is 2.56. The summed E-state index contributed by atoms with van der Waals surface area (Å²) < 4.78 is 0. The zero-order valence-electron chi connectivity index (χ0n) is 27.9. The van der Waals surface area contributed by atoms with Gasteiger partial charge in [0.1, 0.15) is 0 Å². The number of benzene rings is 6. The highest BCUT2D eigenvalue weighted by molar-refractivity contribution is 7.00. The average molecular weight is 595 g/mol. The minimum absolute atomic E-state index is 0.119. The van der Waals surface area contributed by atoms with Gasteiger partial charge in [-0.1, -0.05) is 71.8 Å². The zero-order chi connectivity index (χ0) is 31.9. The van der Waals surface area contributed by atoms with Gasteiger partial charge in [-0.3, -0.25) is 0 Å². The molecule has 2 aliphatic heterocycles. The third-order valence-corrected chi connectivity index (χ3v) is 9.88. The van der Waals surface area contributed by atoms with Gasteiger partial charge in [0.2, 0.25) is 0 Å². The first-order valence-electron chi connectivity index (χ1n) is 16.4. The van der Waals surface area contributed by atoms with E-state index in [1.807, 2.05) is 0 Å². The summed E-state index contributed by atoms with van der Waals surface area (Å²) in [7, 11) is 0. The highest BCUT2D eigenvalue weighted by Crippen LogP contribution is 2.47. The molecule has 2 nitrogen and oxygen atoms in total. The molecular formula is C43H39BN2. The fourth-order valence-corrected chi connectivity index (χ4v) is 8.45. The summed E-state index contributed by atoms with van der Waals surface area (Å²) in [6.45, 7) is 15.8. The lowest BCUT2D eigenvalue weighted by Crippen LogP contribution is -2.62. The Balaban J connectivity index is 1.56. The number of aryl methyl sites for hydroxylation is 7. The van der Waals surface area contributed by atoms with Crippen molar-refractivity contribution in [2.24, 2.45) is 0 Å². The Bertz CT molecular complexity index is 2150. The predicted octanol–water partition coefficient (Wildman–Crippen LogP) is 9.60. The zero-order valence-corrected chi connectivity index (χ0v) is 27.9. The number of rotatable bonds is 3. The Morgan fingerprint density at radius 1 is 0.413 bits per heavy atom. The van der Waals surface area contributed by atoms with Crippen LogP contribution in [-0.4, -0.2) is 6.71 Å². The van der Waals surface area contributed by atoms with Crippen LogP contribution in [0.3, 0.4) is 0 Å². The average Bonchev–Trinajstić information content (AvgIpc) is 3.00. The minimum Gasteiger partial charge on any atom is -0.311 e. The Morgan fingerprint density at radius 2 is 0.935 bits per heavy atom. The first kappa shape index (κ1) is 28.5. The molecule has 0 radical (unpaired) electrons. The van der Waals surface area contributed by atoms with Gasteiger partial charge < -0.3 is 9.80 Å². The lowest BCUT2D eigenvalue weighted by Gasteiger charge is -2.45. The third-order valence-electron chi connectivity index (χ3n) is 9.88. The van der Waals surface area contributed by atoms with Crippen molar-refractivity contribution in [2.75, 3.05) is 9.80 Å². The summed E-state index contributed by atoms with van der Waals surface area (Å²) in [4.78, 5) is 5.06. The number of fused-ring (bicyclic) bond motifs is 4. The second-order valence-electron chi connectivity index (χ2n) is 13.6. The lowest BCUT2D eigenvalue weighted by atomic mass is 9.32. The van der Waals surface area contributed by atoms with Crippen molar-refractivity contribution in [1.29, 1.82) is 0 Å². The first-order valence-corrected chi connectivity index (χ1v) is 16.4. The summed E-state index contributed by atoms with van der Waals surface area (Å²) in [5.41, 5.74) is 23.2. The first-order chi connectivity index (χ1) is 22.2. The number of para-hydroxylation sites is 2. The Morgan fingerprint density at radius 3 is 1.61 bits per heavy atom.